The van der Waals surface area contributed by atoms with E-state index >= 15 is 0 Å². The van der Waals surface area contributed by atoms with Gasteiger partial charge >= 0.3 is 0 Å². The van der Waals surface area contributed by atoms with Gasteiger partial charge in [0, 0.05) is 5.56 Å². The maximum atomic E-state index is 12.4. The van der Waals surface area contributed by atoms with Gasteiger partial charge in [-0.05, 0) is 17.3 Å². The summed E-state index contributed by atoms with van der Waals surface area (Å²) in [5.74, 6) is -0.0339. The number of thiocyanates is 1. The Labute approximate surface area is 110 Å². The van der Waals surface area contributed by atoms with E-state index < -0.39 is 5.25 Å². The second-order valence-electron chi connectivity index (χ2n) is 3.73. The number of benzene rings is 2. The minimum Gasteiger partial charge on any atom is -0.292 e. The summed E-state index contributed by atoms with van der Waals surface area (Å²) >= 11 is 0.988. The Morgan fingerprint density at radius 2 is 1.56 bits per heavy atom. The van der Waals surface area contributed by atoms with Gasteiger partial charge in [-0.3, -0.25) is 4.79 Å². The number of rotatable bonds is 4. The minimum atomic E-state index is -0.460. The van der Waals surface area contributed by atoms with Crippen LogP contribution >= 0.6 is 11.8 Å². The first kappa shape index (κ1) is 12.4. The van der Waals surface area contributed by atoms with E-state index in [1.54, 1.807) is 12.1 Å². The van der Waals surface area contributed by atoms with Crippen LogP contribution in [-0.2, 0) is 0 Å². The molecule has 3 heteroatoms. The molecule has 0 aliphatic rings. The molecule has 2 aromatic carbocycles. The van der Waals surface area contributed by atoms with Crippen LogP contribution in [0.1, 0.15) is 21.2 Å². The van der Waals surface area contributed by atoms with E-state index in [0.717, 1.165) is 17.3 Å². The third-order valence-corrected chi connectivity index (χ3v) is 3.40. The molecule has 88 valence electrons. The molecule has 2 rings (SSSR count). The van der Waals surface area contributed by atoms with Gasteiger partial charge in [0.05, 0.1) is 0 Å². The summed E-state index contributed by atoms with van der Waals surface area (Å²) in [7, 11) is 0. The lowest BCUT2D eigenvalue weighted by Crippen LogP contribution is -2.09. The van der Waals surface area contributed by atoms with Crippen molar-refractivity contribution in [1.29, 1.82) is 5.26 Å². The molecule has 0 N–H and O–H groups in total. The Balaban J connectivity index is 2.32. The third kappa shape index (κ3) is 2.79. The van der Waals surface area contributed by atoms with E-state index in [0.29, 0.717) is 5.56 Å². The van der Waals surface area contributed by atoms with Crippen LogP contribution in [0, 0.1) is 10.7 Å². The molecule has 0 spiro atoms. The van der Waals surface area contributed by atoms with Crippen molar-refractivity contribution in [3.63, 3.8) is 0 Å². The van der Waals surface area contributed by atoms with Crippen molar-refractivity contribution < 1.29 is 4.79 Å². The molecule has 18 heavy (non-hydrogen) atoms. The SMILES string of the molecule is N#CSC(C(=O)c1ccccc1)c1ccccc1. The van der Waals surface area contributed by atoms with Crippen molar-refractivity contribution in [2.75, 3.05) is 0 Å². The smallest absolute Gasteiger partial charge is 0.181 e. The number of carbonyl (C=O) groups is 1. The number of nitrogens with zero attached hydrogens (tertiary/aromatic N) is 1. The first-order chi connectivity index (χ1) is 8.83. The van der Waals surface area contributed by atoms with Crippen molar-refractivity contribution in [3.05, 3.63) is 71.8 Å². The van der Waals surface area contributed by atoms with Crippen molar-refractivity contribution >= 4 is 17.5 Å². The predicted octanol–water partition coefficient (Wildman–Crippen LogP) is 3.82. The van der Waals surface area contributed by atoms with Crippen LogP contribution in [0.15, 0.2) is 60.7 Å². The summed E-state index contributed by atoms with van der Waals surface area (Å²) in [6.45, 7) is 0. The van der Waals surface area contributed by atoms with Crippen LogP contribution in [0.25, 0.3) is 0 Å². The molecule has 0 amide bonds. The molecule has 0 saturated carbocycles. The average molecular weight is 253 g/mol. The van der Waals surface area contributed by atoms with Gasteiger partial charge in [0.2, 0.25) is 0 Å². The fraction of sp³-hybridized carbons (Fsp3) is 0.0667. The Bertz CT molecular complexity index is 560. The van der Waals surface area contributed by atoms with Gasteiger partial charge in [0.25, 0.3) is 0 Å². The third-order valence-electron chi connectivity index (χ3n) is 2.57. The van der Waals surface area contributed by atoms with Crippen LogP contribution in [0.4, 0.5) is 0 Å². The molecule has 0 heterocycles. The van der Waals surface area contributed by atoms with Crippen molar-refractivity contribution in [1.82, 2.24) is 0 Å². The van der Waals surface area contributed by atoms with Gasteiger partial charge < -0.3 is 0 Å². The molecular weight excluding hydrogens is 242 g/mol. The van der Waals surface area contributed by atoms with Gasteiger partial charge in [0.1, 0.15) is 10.7 Å². The first-order valence-corrected chi connectivity index (χ1v) is 6.40. The average Bonchev–Trinajstić information content (AvgIpc) is 2.46. The minimum absolute atomic E-state index is 0.0339. The molecule has 1 atom stereocenters. The lowest BCUT2D eigenvalue weighted by molar-refractivity contribution is 0.0990. The predicted molar refractivity (Wildman–Crippen MR) is 73.2 cm³/mol. The monoisotopic (exact) mass is 253 g/mol. The molecule has 0 aliphatic heterocycles. The van der Waals surface area contributed by atoms with E-state index in [9.17, 15) is 4.79 Å². The fourth-order valence-corrected chi connectivity index (χ4v) is 2.35. The zero-order valence-corrected chi connectivity index (χ0v) is 10.4. The number of thioether (sulfide) groups is 1. The van der Waals surface area contributed by atoms with Gasteiger partial charge in [-0.1, -0.05) is 60.7 Å². The van der Waals surface area contributed by atoms with E-state index in [1.165, 1.54) is 0 Å². The number of hydrogen-bond donors (Lipinski definition) is 0. The largest absolute Gasteiger partial charge is 0.292 e. The van der Waals surface area contributed by atoms with Crippen molar-refractivity contribution in [3.8, 4) is 5.40 Å². The summed E-state index contributed by atoms with van der Waals surface area (Å²) in [4.78, 5) is 12.4. The number of Topliss-reactive ketones (excluding diaryl/α,β-unsaturated/α-hetero) is 1. The van der Waals surface area contributed by atoms with Crippen LogP contribution in [0.2, 0.25) is 0 Å². The molecule has 0 fully saturated rings. The number of nitriles is 1. The molecule has 2 aromatic rings. The highest BCUT2D eigenvalue weighted by molar-refractivity contribution is 8.04. The van der Waals surface area contributed by atoms with Gasteiger partial charge in [0.15, 0.2) is 5.78 Å². The summed E-state index contributed by atoms with van der Waals surface area (Å²) < 4.78 is 0. The normalized spacial score (nSPS) is 11.5. The quantitative estimate of drug-likeness (QED) is 0.614. The lowest BCUT2D eigenvalue weighted by Gasteiger charge is -2.11. The summed E-state index contributed by atoms with van der Waals surface area (Å²) in [5, 5.41) is 10.4. The molecule has 1 unspecified atom stereocenters. The molecule has 0 bridgehead atoms. The fourth-order valence-electron chi connectivity index (χ4n) is 1.71. The lowest BCUT2D eigenvalue weighted by atomic mass is 10.0. The van der Waals surface area contributed by atoms with E-state index in [1.807, 2.05) is 53.9 Å². The molecular formula is C15H11NOS. The summed E-state index contributed by atoms with van der Waals surface area (Å²) in [5.41, 5.74) is 1.49. The number of hydrogen-bond acceptors (Lipinski definition) is 3. The van der Waals surface area contributed by atoms with Crippen LogP contribution in [-0.4, -0.2) is 5.78 Å². The Morgan fingerprint density at radius 1 is 1.00 bits per heavy atom. The van der Waals surface area contributed by atoms with Gasteiger partial charge in [-0.15, -0.1) is 0 Å². The molecule has 0 saturated heterocycles. The topological polar surface area (TPSA) is 40.9 Å². The Kier molecular flexibility index (Phi) is 4.16. The van der Waals surface area contributed by atoms with Crippen LogP contribution in [0.3, 0.4) is 0 Å². The van der Waals surface area contributed by atoms with Crippen LogP contribution < -0.4 is 0 Å². The van der Waals surface area contributed by atoms with Crippen molar-refractivity contribution in [2.45, 2.75) is 5.25 Å². The second-order valence-corrected chi connectivity index (χ2v) is 4.62. The Hall–Kier alpha value is -2.05. The van der Waals surface area contributed by atoms with Crippen LogP contribution in [0.5, 0.6) is 0 Å². The molecule has 2 nitrogen and oxygen atoms in total. The van der Waals surface area contributed by atoms with E-state index in [-0.39, 0.29) is 5.78 Å². The summed E-state index contributed by atoms with van der Waals surface area (Å²) in [6, 6.07) is 18.4. The maximum Gasteiger partial charge on any atom is 0.181 e. The van der Waals surface area contributed by atoms with E-state index in [4.69, 9.17) is 5.26 Å². The van der Waals surface area contributed by atoms with E-state index in [2.05, 4.69) is 0 Å². The second kappa shape index (κ2) is 6.04. The molecule has 0 aromatic heterocycles. The maximum absolute atomic E-state index is 12.4. The molecule has 0 radical (unpaired) electrons. The molecule has 0 aliphatic carbocycles. The zero-order chi connectivity index (χ0) is 12.8. The van der Waals surface area contributed by atoms with Gasteiger partial charge in [-0.2, -0.15) is 5.26 Å². The van der Waals surface area contributed by atoms with Gasteiger partial charge in [-0.25, -0.2) is 0 Å². The highest BCUT2D eigenvalue weighted by atomic mass is 32.2. The Morgan fingerprint density at radius 3 is 2.11 bits per heavy atom. The summed E-state index contributed by atoms with van der Waals surface area (Å²) in [6.07, 6.45) is 0. The highest BCUT2D eigenvalue weighted by Crippen LogP contribution is 2.31. The van der Waals surface area contributed by atoms with Crippen molar-refractivity contribution in [2.24, 2.45) is 0 Å². The first-order valence-electron chi connectivity index (χ1n) is 5.52. The number of ketones is 1. The number of carbonyl (C=O) groups excluding carboxylic acids is 1. The highest BCUT2D eigenvalue weighted by Gasteiger charge is 2.22. The zero-order valence-electron chi connectivity index (χ0n) is 9.61. The standard InChI is InChI=1S/C15H11NOS/c16-11-18-15(13-9-5-2-6-10-13)14(17)12-7-3-1-4-8-12/h1-10,15H.